The van der Waals surface area contributed by atoms with Crippen molar-refractivity contribution in [3.63, 3.8) is 0 Å². The second-order valence-corrected chi connectivity index (χ2v) is 5.50. The molecule has 1 aliphatic rings. The molecule has 2 N–H and O–H groups in total. The van der Waals surface area contributed by atoms with Crippen LogP contribution in [0.5, 0.6) is 5.75 Å². The molecule has 1 aromatic heterocycles. The zero-order chi connectivity index (χ0) is 13.4. The molecule has 0 atom stereocenters. The highest BCUT2D eigenvalue weighted by atomic mass is 79.9. The number of benzene rings is 1. The zero-order valence-corrected chi connectivity index (χ0v) is 12.4. The Morgan fingerprint density at radius 3 is 3.05 bits per heavy atom. The van der Waals surface area contributed by atoms with E-state index in [2.05, 4.69) is 33.2 Å². The molecule has 0 amide bonds. The van der Waals surface area contributed by atoms with E-state index in [9.17, 15) is 0 Å². The van der Waals surface area contributed by atoms with Gasteiger partial charge in [-0.2, -0.15) is 5.10 Å². The van der Waals surface area contributed by atoms with Gasteiger partial charge in [-0.05, 0) is 52.5 Å². The molecule has 19 heavy (non-hydrogen) atoms. The fraction of sp³-hybridized carbons (Fsp3) is 0.357. The third-order valence-corrected chi connectivity index (χ3v) is 4.31. The first-order chi connectivity index (χ1) is 9.20. The second kappa shape index (κ2) is 4.98. The van der Waals surface area contributed by atoms with Gasteiger partial charge in [-0.25, -0.2) is 0 Å². The molecule has 2 aromatic rings. The van der Waals surface area contributed by atoms with E-state index in [4.69, 9.17) is 10.5 Å². The molecule has 0 fully saturated rings. The Hall–Kier alpha value is -1.33. The lowest BCUT2D eigenvalue weighted by molar-refractivity contribution is 0.288. The highest BCUT2D eigenvalue weighted by Crippen LogP contribution is 2.34. The molecule has 0 saturated carbocycles. The highest BCUT2D eigenvalue weighted by molar-refractivity contribution is 9.10. The summed E-state index contributed by atoms with van der Waals surface area (Å²) in [5.74, 6) is 1.00. The number of nitrogens with zero attached hydrogens (tertiary/aromatic N) is 2. The van der Waals surface area contributed by atoms with Gasteiger partial charge < -0.3 is 10.5 Å². The monoisotopic (exact) mass is 321 g/mol. The van der Waals surface area contributed by atoms with E-state index in [0.29, 0.717) is 6.54 Å². The molecule has 1 aliphatic heterocycles. The van der Waals surface area contributed by atoms with Crippen LogP contribution in [0.15, 0.2) is 22.7 Å². The summed E-state index contributed by atoms with van der Waals surface area (Å²) < 4.78 is 8.45. The van der Waals surface area contributed by atoms with E-state index in [-0.39, 0.29) is 0 Å². The van der Waals surface area contributed by atoms with E-state index < -0.39 is 0 Å². The van der Waals surface area contributed by atoms with Crippen molar-refractivity contribution in [3.8, 4) is 17.0 Å². The number of ether oxygens (including phenoxy) is 1. The maximum absolute atomic E-state index is 5.74. The van der Waals surface area contributed by atoms with E-state index in [1.165, 1.54) is 5.56 Å². The van der Waals surface area contributed by atoms with Crippen LogP contribution in [-0.4, -0.2) is 16.4 Å². The van der Waals surface area contributed by atoms with Crippen molar-refractivity contribution in [1.29, 1.82) is 0 Å². The van der Waals surface area contributed by atoms with E-state index in [0.717, 1.165) is 46.6 Å². The number of hydrogen-bond acceptors (Lipinski definition) is 3. The Labute approximate surface area is 120 Å². The highest BCUT2D eigenvalue weighted by Gasteiger charge is 2.17. The molecule has 4 nitrogen and oxygen atoms in total. The molecular weight excluding hydrogens is 306 g/mol. The third kappa shape index (κ3) is 2.17. The first-order valence-corrected chi connectivity index (χ1v) is 7.17. The Kier molecular flexibility index (Phi) is 3.33. The van der Waals surface area contributed by atoms with Crippen LogP contribution >= 0.6 is 15.9 Å². The lowest BCUT2D eigenvalue weighted by Crippen LogP contribution is -2.08. The number of hydrogen-bond donors (Lipinski definition) is 1. The molecule has 100 valence electrons. The number of nitrogens with two attached hydrogens (primary N) is 1. The van der Waals surface area contributed by atoms with Crippen LogP contribution in [0.4, 0.5) is 0 Å². The Morgan fingerprint density at radius 2 is 2.32 bits per heavy atom. The van der Waals surface area contributed by atoms with Crippen LogP contribution in [-0.2, 0) is 20.0 Å². The van der Waals surface area contributed by atoms with Crippen molar-refractivity contribution in [2.75, 3.05) is 6.61 Å². The van der Waals surface area contributed by atoms with E-state index in [1.807, 2.05) is 17.8 Å². The maximum atomic E-state index is 5.74. The van der Waals surface area contributed by atoms with Gasteiger partial charge in [-0.15, -0.1) is 0 Å². The summed E-state index contributed by atoms with van der Waals surface area (Å²) in [4.78, 5) is 0. The fourth-order valence-electron chi connectivity index (χ4n) is 2.45. The molecule has 2 heterocycles. The summed E-state index contributed by atoms with van der Waals surface area (Å²) >= 11 is 3.60. The van der Waals surface area contributed by atoms with Crippen LogP contribution in [0.1, 0.15) is 17.7 Å². The lowest BCUT2D eigenvalue weighted by atomic mass is 10.0. The van der Waals surface area contributed by atoms with Crippen LogP contribution in [0.2, 0.25) is 0 Å². The molecule has 0 radical (unpaired) electrons. The smallest absolute Gasteiger partial charge is 0.122 e. The molecule has 0 unspecified atom stereocenters. The zero-order valence-electron chi connectivity index (χ0n) is 10.8. The summed E-state index contributed by atoms with van der Waals surface area (Å²) in [6.07, 6.45) is 2.14. The van der Waals surface area contributed by atoms with Gasteiger partial charge in [0.2, 0.25) is 0 Å². The van der Waals surface area contributed by atoms with Crippen molar-refractivity contribution in [1.82, 2.24) is 9.78 Å². The number of halogens is 1. The molecule has 0 saturated heterocycles. The minimum Gasteiger partial charge on any atom is -0.493 e. The van der Waals surface area contributed by atoms with Gasteiger partial charge in [0.05, 0.1) is 16.8 Å². The summed E-state index contributed by atoms with van der Waals surface area (Å²) in [5.41, 5.74) is 10.1. The van der Waals surface area contributed by atoms with Crippen LogP contribution in [0.3, 0.4) is 0 Å². The molecule has 0 spiro atoms. The number of aryl methyl sites for hydroxylation is 2. The summed E-state index contributed by atoms with van der Waals surface area (Å²) in [7, 11) is 1.91. The summed E-state index contributed by atoms with van der Waals surface area (Å²) in [6.45, 7) is 1.29. The SMILES string of the molecule is Cn1nc(-c2ccc3c(c2)CCCO3)c(Br)c1CN. The van der Waals surface area contributed by atoms with Crippen LogP contribution in [0, 0.1) is 0 Å². The van der Waals surface area contributed by atoms with Crippen LogP contribution in [0.25, 0.3) is 11.3 Å². The van der Waals surface area contributed by atoms with Crippen molar-refractivity contribution < 1.29 is 4.74 Å². The van der Waals surface area contributed by atoms with Gasteiger partial charge in [0, 0.05) is 19.2 Å². The molecule has 0 bridgehead atoms. The van der Waals surface area contributed by atoms with Gasteiger partial charge in [0.25, 0.3) is 0 Å². The van der Waals surface area contributed by atoms with Gasteiger partial charge in [0.1, 0.15) is 11.4 Å². The topological polar surface area (TPSA) is 53.1 Å². The van der Waals surface area contributed by atoms with Gasteiger partial charge >= 0.3 is 0 Å². The number of fused-ring (bicyclic) bond motifs is 1. The third-order valence-electron chi connectivity index (χ3n) is 3.48. The molecule has 0 aliphatic carbocycles. The van der Waals surface area contributed by atoms with Crippen molar-refractivity contribution in [3.05, 3.63) is 33.9 Å². The molecule has 1 aromatic carbocycles. The minimum atomic E-state index is 0.470. The van der Waals surface area contributed by atoms with Crippen molar-refractivity contribution in [2.45, 2.75) is 19.4 Å². The standard InChI is InChI=1S/C14H16BrN3O/c1-18-11(8-16)13(15)14(17-18)10-4-5-12-9(7-10)3-2-6-19-12/h4-5,7H,2-3,6,8,16H2,1H3. The van der Waals surface area contributed by atoms with Gasteiger partial charge in [0.15, 0.2) is 0 Å². The number of aromatic nitrogens is 2. The Balaban J connectivity index is 2.07. The first-order valence-electron chi connectivity index (χ1n) is 6.38. The molecular formula is C14H16BrN3O. The number of rotatable bonds is 2. The summed E-state index contributed by atoms with van der Waals surface area (Å²) in [6, 6.07) is 6.26. The van der Waals surface area contributed by atoms with Crippen molar-refractivity contribution in [2.24, 2.45) is 12.8 Å². The van der Waals surface area contributed by atoms with E-state index >= 15 is 0 Å². The average molecular weight is 322 g/mol. The quantitative estimate of drug-likeness (QED) is 0.925. The average Bonchev–Trinajstić information content (AvgIpc) is 2.73. The molecule has 5 heteroatoms. The Bertz CT molecular complexity index is 621. The normalized spacial score (nSPS) is 14.1. The second-order valence-electron chi connectivity index (χ2n) is 4.71. The lowest BCUT2D eigenvalue weighted by Gasteiger charge is -2.17. The first kappa shape index (κ1) is 12.7. The van der Waals surface area contributed by atoms with Gasteiger partial charge in [-0.1, -0.05) is 0 Å². The predicted octanol–water partition coefficient (Wildman–Crippen LogP) is 2.63. The summed E-state index contributed by atoms with van der Waals surface area (Å²) in [5, 5.41) is 4.55. The van der Waals surface area contributed by atoms with Crippen LogP contribution < -0.4 is 10.5 Å². The van der Waals surface area contributed by atoms with Crippen molar-refractivity contribution >= 4 is 15.9 Å². The maximum Gasteiger partial charge on any atom is 0.122 e. The predicted molar refractivity (Wildman–Crippen MR) is 78.1 cm³/mol. The molecule has 3 rings (SSSR count). The Morgan fingerprint density at radius 1 is 1.47 bits per heavy atom. The minimum absolute atomic E-state index is 0.470. The van der Waals surface area contributed by atoms with E-state index in [1.54, 1.807) is 0 Å². The van der Waals surface area contributed by atoms with Gasteiger partial charge in [-0.3, -0.25) is 4.68 Å². The fourth-order valence-corrected chi connectivity index (χ4v) is 3.17. The largest absolute Gasteiger partial charge is 0.493 e.